The molecule has 1 unspecified atom stereocenters. The van der Waals surface area contributed by atoms with Crippen LogP contribution in [0.5, 0.6) is 0 Å². The lowest BCUT2D eigenvalue weighted by Crippen LogP contribution is -2.63. The summed E-state index contributed by atoms with van der Waals surface area (Å²) in [4.78, 5) is 35.3. The van der Waals surface area contributed by atoms with E-state index in [2.05, 4.69) is 48.5 Å². The van der Waals surface area contributed by atoms with E-state index in [1.165, 1.54) is 12.0 Å². The fourth-order valence-electron chi connectivity index (χ4n) is 6.50. The van der Waals surface area contributed by atoms with Gasteiger partial charge in [0, 0.05) is 29.7 Å². The van der Waals surface area contributed by atoms with Gasteiger partial charge in [-0.2, -0.15) is 0 Å². The number of carbonyl (C=O) groups is 2. The lowest BCUT2D eigenvalue weighted by molar-refractivity contribution is -0.133. The number of hydrogen-bond acceptors (Lipinski definition) is 4. The third-order valence-corrected chi connectivity index (χ3v) is 8.61. The first-order valence-corrected chi connectivity index (χ1v) is 14.2. The second kappa shape index (κ2) is 10.6. The second-order valence-corrected chi connectivity index (χ2v) is 12.2. The zero-order valence-corrected chi connectivity index (χ0v) is 22.7. The van der Waals surface area contributed by atoms with Crippen molar-refractivity contribution in [3.8, 4) is 0 Å². The van der Waals surface area contributed by atoms with Gasteiger partial charge in [0.2, 0.25) is 5.91 Å². The number of benzene rings is 1. The van der Waals surface area contributed by atoms with Crippen molar-refractivity contribution < 1.29 is 9.59 Å². The SMILES string of the molecule is CC(C)(C)c1ccc(N(C(=O)[C@H]2CCCN2)C2(C(=O)NC3CCCCC3)CCCc3ccncc32)cc1. The van der Waals surface area contributed by atoms with Gasteiger partial charge in [0.1, 0.15) is 0 Å². The largest absolute Gasteiger partial charge is 0.351 e. The van der Waals surface area contributed by atoms with Crippen molar-refractivity contribution in [2.24, 2.45) is 0 Å². The van der Waals surface area contributed by atoms with E-state index in [0.717, 1.165) is 74.7 Å². The monoisotopic (exact) mass is 502 g/mol. The summed E-state index contributed by atoms with van der Waals surface area (Å²) < 4.78 is 0. The first-order chi connectivity index (χ1) is 17.8. The van der Waals surface area contributed by atoms with Gasteiger partial charge in [-0.1, -0.05) is 52.2 Å². The molecule has 2 fully saturated rings. The average molecular weight is 503 g/mol. The summed E-state index contributed by atoms with van der Waals surface area (Å²) >= 11 is 0. The molecule has 2 aliphatic carbocycles. The predicted octanol–water partition coefficient (Wildman–Crippen LogP) is 5.14. The maximum absolute atomic E-state index is 14.6. The molecule has 6 nitrogen and oxygen atoms in total. The number of nitrogens with zero attached hydrogens (tertiary/aromatic N) is 2. The number of aryl methyl sites for hydroxylation is 1. The van der Waals surface area contributed by atoms with Gasteiger partial charge in [0.15, 0.2) is 5.54 Å². The van der Waals surface area contributed by atoms with Gasteiger partial charge < -0.3 is 10.6 Å². The van der Waals surface area contributed by atoms with Crippen LogP contribution < -0.4 is 15.5 Å². The average Bonchev–Trinajstić information content (AvgIpc) is 3.44. The van der Waals surface area contributed by atoms with Gasteiger partial charge in [-0.3, -0.25) is 19.5 Å². The minimum atomic E-state index is -1.12. The summed E-state index contributed by atoms with van der Waals surface area (Å²) in [5, 5.41) is 6.82. The van der Waals surface area contributed by atoms with Crippen LogP contribution in [0.25, 0.3) is 0 Å². The van der Waals surface area contributed by atoms with Gasteiger partial charge in [-0.25, -0.2) is 0 Å². The van der Waals surface area contributed by atoms with Crippen LogP contribution in [0.4, 0.5) is 5.69 Å². The van der Waals surface area contributed by atoms with Crippen molar-refractivity contribution in [1.29, 1.82) is 0 Å². The molecule has 2 heterocycles. The molecule has 1 saturated carbocycles. The van der Waals surface area contributed by atoms with Crippen molar-refractivity contribution in [2.45, 2.75) is 108 Å². The molecule has 2 N–H and O–H groups in total. The highest BCUT2D eigenvalue weighted by molar-refractivity contribution is 6.06. The fourth-order valence-corrected chi connectivity index (χ4v) is 6.50. The summed E-state index contributed by atoms with van der Waals surface area (Å²) in [5.74, 6) is -0.0731. The van der Waals surface area contributed by atoms with Gasteiger partial charge >= 0.3 is 0 Å². The van der Waals surface area contributed by atoms with Crippen LogP contribution in [-0.2, 0) is 27.0 Å². The van der Waals surface area contributed by atoms with Crippen molar-refractivity contribution in [3.05, 3.63) is 59.4 Å². The number of anilines is 1. The third kappa shape index (κ3) is 5.05. The molecule has 6 heteroatoms. The molecule has 37 heavy (non-hydrogen) atoms. The Labute approximate surface area is 221 Å². The molecule has 0 radical (unpaired) electrons. The Morgan fingerprint density at radius 3 is 2.43 bits per heavy atom. The fraction of sp³-hybridized carbons (Fsp3) is 0.581. The number of hydrogen-bond donors (Lipinski definition) is 2. The molecule has 1 aromatic heterocycles. The molecule has 0 spiro atoms. The van der Waals surface area contributed by atoms with Crippen LogP contribution in [0.1, 0.15) is 95.2 Å². The number of pyridine rings is 1. The number of rotatable bonds is 5. The predicted molar refractivity (Wildman–Crippen MR) is 148 cm³/mol. The number of fused-ring (bicyclic) bond motifs is 1. The molecule has 0 bridgehead atoms. The van der Waals surface area contributed by atoms with E-state index in [0.29, 0.717) is 6.42 Å². The van der Waals surface area contributed by atoms with Crippen LogP contribution in [0.3, 0.4) is 0 Å². The van der Waals surface area contributed by atoms with Crippen molar-refractivity contribution in [2.75, 3.05) is 11.4 Å². The Hall–Kier alpha value is -2.73. The van der Waals surface area contributed by atoms with E-state index in [1.54, 1.807) is 6.20 Å². The Balaban J connectivity index is 1.65. The zero-order chi connectivity index (χ0) is 26.0. The molecule has 2 amide bonds. The van der Waals surface area contributed by atoms with Gasteiger partial charge in [-0.05, 0) is 86.2 Å². The highest BCUT2D eigenvalue weighted by atomic mass is 16.2. The standard InChI is InChI=1S/C31H42N4O2/c1-30(2,3)23-13-15-25(16-14-23)35(28(36)27-12-8-19-33-27)31(29(37)34-24-10-5-4-6-11-24)18-7-9-22-17-20-32-21-26(22)31/h13-17,20-21,24,27,33H,4-12,18-19H2,1-3H3,(H,34,37)/t27-,31?/m1/s1. The van der Waals surface area contributed by atoms with Crippen LogP contribution in [0, 0.1) is 0 Å². The van der Waals surface area contributed by atoms with E-state index in [-0.39, 0.29) is 29.3 Å². The van der Waals surface area contributed by atoms with E-state index >= 15 is 0 Å². The minimum absolute atomic E-state index is 0.00220. The normalized spacial score (nSPS) is 24.4. The van der Waals surface area contributed by atoms with Crippen LogP contribution in [-0.4, -0.2) is 35.4 Å². The molecule has 2 aromatic rings. The van der Waals surface area contributed by atoms with Crippen LogP contribution >= 0.6 is 0 Å². The molecule has 3 aliphatic rings. The molecule has 1 saturated heterocycles. The molecular weight excluding hydrogens is 460 g/mol. The molecule has 1 aliphatic heterocycles. The summed E-state index contributed by atoms with van der Waals surface area (Å²) in [6, 6.07) is 10.2. The quantitative estimate of drug-likeness (QED) is 0.593. The highest BCUT2D eigenvalue weighted by Crippen LogP contribution is 2.44. The van der Waals surface area contributed by atoms with Gasteiger partial charge in [-0.15, -0.1) is 0 Å². The zero-order valence-electron chi connectivity index (χ0n) is 22.7. The summed E-state index contributed by atoms with van der Waals surface area (Å²) in [7, 11) is 0. The summed E-state index contributed by atoms with van der Waals surface area (Å²) in [6.07, 6.45) is 13.2. The Bertz CT molecular complexity index is 1110. The summed E-state index contributed by atoms with van der Waals surface area (Å²) in [6.45, 7) is 7.40. The third-order valence-electron chi connectivity index (χ3n) is 8.61. The van der Waals surface area contributed by atoms with E-state index in [1.807, 2.05) is 29.3 Å². The summed E-state index contributed by atoms with van der Waals surface area (Å²) in [5.41, 5.74) is 2.85. The maximum Gasteiger partial charge on any atom is 0.251 e. The molecular formula is C31H42N4O2. The Morgan fingerprint density at radius 1 is 1.00 bits per heavy atom. The lowest BCUT2D eigenvalue weighted by atomic mass is 9.74. The number of nitrogens with one attached hydrogen (secondary N) is 2. The lowest BCUT2D eigenvalue weighted by Gasteiger charge is -2.47. The first kappa shape index (κ1) is 25.9. The van der Waals surface area contributed by atoms with Gasteiger partial charge in [0.25, 0.3) is 5.91 Å². The number of aromatic nitrogens is 1. The first-order valence-electron chi connectivity index (χ1n) is 14.2. The van der Waals surface area contributed by atoms with Crippen LogP contribution in [0.2, 0.25) is 0 Å². The van der Waals surface area contributed by atoms with E-state index in [9.17, 15) is 9.59 Å². The molecule has 1 aromatic carbocycles. The Morgan fingerprint density at radius 2 is 1.76 bits per heavy atom. The smallest absolute Gasteiger partial charge is 0.251 e. The Kier molecular flexibility index (Phi) is 7.39. The number of carbonyl (C=O) groups excluding carboxylic acids is 2. The molecule has 198 valence electrons. The molecule has 5 rings (SSSR count). The topological polar surface area (TPSA) is 74.3 Å². The van der Waals surface area contributed by atoms with Crippen molar-refractivity contribution in [3.63, 3.8) is 0 Å². The molecule has 2 atom stereocenters. The van der Waals surface area contributed by atoms with Crippen molar-refractivity contribution >= 4 is 17.5 Å². The van der Waals surface area contributed by atoms with Crippen LogP contribution in [0.15, 0.2) is 42.7 Å². The second-order valence-electron chi connectivity index (χ2n) is 12.2. The van der Waals surface area contributed by atoms with Gasteiger partial charge in [0.05, 0.1) is 6.04 Å². The maximum atomic E-state index is 14.6. The van der Waals surface area contributed by atoms with E-state index < -0.39 is 5.54 Å². The minimum Gasteiger partial charge on any atom is -0.351 e. The highest BCUT2D eigenvalue weighted by Gasteiger charge is 2.52. The van der Waals surface area contributed by atoms with E-state index in [4.69, 9.17) is 0 Å². The van der Waals surface area contributed by atoms with Crippen molar-refractivity contribution in [1.82, 2.24) is 15.6 Å². The number of amides is 2.